The fourth-order valence-corrected chi connectivity index (χ4v) is 2.81. The van der Waals surface area contributed by atoms with Gasteiger partial charge in [-0.2, -0.15) is 0 Å². The number of fused-ring (bicyclic) bond motifs is 1. The van der Waals surface area contributed by atoms with Gasteiger partial charge in [0.1, 0.15) is 0 Å². The Hall–Kier alpha value is -2.13. The monoisotopic (exact) mass is 282 g/mol. The lowest BCUT2D eigenvalue weighted by molar-refractivity contribution is -0.136. The Morgan fingerprint density at radius 2 is 2.05 bits per heavy atom. The van der Waals surface area contributed by atoms with Crippen molar-refractivity contribution in [2.24, 2.45) is 0 Å². The molecule has 1 aliphatic rings. The molecule has 3 nitrogen and oxygen atoms in total. The minimum atomic E-state index is -0.758. The summed E-state index contributed by atoms with van der Waals surface area (Å²) >= 11 is 0. The van der Waals surface area contributed by atoms with E-state index in [1.54, 1.807) is 0 Å². The lowest BCUT2D eigenvalue weighted by Gasteiger charge is -2.20. The molecule has 1 heterocycles. The molecule has 2 aromatic rings. The molecule has 0 bridgehead atoms. The number of carboxylic acid groups (broad SMARTS) is 1. The minimum absolute atomic E-state index is 0.166. The number of benzene rings is 2. The Morgan fingerprint density at radius 1 is 1.19 bits per heavy atom. The van der Waals surface area contributed by atoms with Crippen molar-refractivity contribution >= 4 is 5.97 Å². The van der Waals surface area contributed by atoms with Gasteiger partial charge >= 0.3 is 5.97 Å². The summed E-state index contributed by atoms with van der Waals surface area (Å²) in [4.78, 5) is 10.7. The molecule has 0 aromatic heterocycles. The van der Waals surface area contributed by atoms with Gasteiger partial charge in [0.25, 0.3) is 0 Å². The number of carboxylic acids is 1. The molecule has 0 aliphatic carbocycles. The lowest BCUT2D eigenvalue weighted by atomic mass is 9.92. The molecule has 0 spiro atoms. The number of rotatable bonds is 4. The Morgan fingerprint density at radius 3 is 2.90 bits per heavy atom. The first kappa shape index (κ1) is 13.8. The van der Waals surface area contributed by atoms with E-state index in [-0.39, 0.29) is 6.42 Å². The van der Waals surface area contributed by atoms with Gasteiger partial charge in [-0.3, -0.25) is 4.79 Å². The summed E-state index contributed by atoms with van der Waals surface area (Å²) in [7, 11) is 0. The molecule has 1 aliphatic heterocycles. The normalized spacial score (nSPS) is 13.7. The number of aliphatic carboxylic acids is 1. The van der Waals surface area contributed by atoms with Crippen LogP contribution >= 0.6 is 0 Å². The van der Waals surface area contributed by atoms with Crippen LogP contribution in [0.1, 0.15) is 23.1 Å². The summed E-state index contributed by atoms with van der Waals surface area (Å²) in [6, 6.07) is 14.5. The van der Waals surface area contributed by atoms with Crippen molar-refractivity contribution in [1.29, 1.82) is 0 Å². The molecule has 108 valence electrons. The van der Waals surface area contributed by atoms with Crippen LogP contribution in [0.5, 0.6) is 0 Å². The van der Waals surface area contributed by atoms with Crippen molar-refractivity contribution in [1.82, 2.24) is 0 Å². The second kappa shape index (κ2) is 6.10. The third kappa shape index (κ3) is 3.14. The minimum Gasteiger partial charge on any atom is -0.481 e. The molecule has 0 saturated heterocycles. The van der Waals surface area contributed by atoms with Gasteiger partial charge in [-0.1, -0.05) is 42.5 Å². The highest BCUT2D eigenvalue weighted by Crippen LogP contribution is 2.30. The highest BCUT2D eigenvalue weighted by molar-refractivity contribution is 5.70. The topological polar surface area (TPSA) is 46.5 Å². The van der Waals surface area contributed by atoms with Crippen molar-refractivity contribution in [3.63, 3.8) is 0 Å². The molecule has 3 rings (SSSR count). The van der Waals surface area contributed by atoms with Gasteiger partial charge in [0.05, 0.1) is 13.2 Å². The van der Waals surface area contributed by atoms with Crippen LogP contribution in [0.15, 0.2) is 42.5 Å². The first-order chi connectivity index (χ1) is 10.2. The average Bonchev–Trinajstić information content (AvgIpc) is 2.52. The molecule has 0 fully saturated rings. The van der Waals surface area contributed by atoms with E-state index in [9.17, 15) is 4.79 Å². The van der Waals surface area contributed by atoms with E-state index in [0.717, 1.165) is 24.2 Å². The summed E-state index contributed by atoms with van der Waals surface area (Å²) < 4.78 is 5.59. The Kier molecular flexibility index (Phi) is 4.02. The first-order valence-electron chi connectivity index (χ1n) is 7.23. The predicted octanol–water partition coefficient (Wildman–Crippen LogP) is 3.44. The standard InChI is InChI=1S/C18H18O3/c19-18(20)8-7-13-3-1-5-15(11-13)16-6-2-4-14-9-10-21-12-17(14)16/h1-6,11H,7-10,12H2,(H,19,20). The average molecular weight is 282 g/mol. The van der Waals surface area contributed by atoms with Crippen LogP contribution in [0.4, 0.5) is 0 Å². The molecule has 21 heavy (non-hydrogen) atoms. The molecule has 0 unspecified atom stereocenters. The molecular formula is C18H18O3. The maximum Gasteiger partial charge on any atom is 0.303 e. The lowest BCUT2D eigenvalue weighted by Crippen LogP contribution is -2.10. The number of ether oxygens (including phenoxy) is 1. The molecule has 0 atom stereocenters. The van der Waals surface area contributed by atoms with Crippen molar-refractivity contribution in [3.8, 4) is 11.1 Å². The first-order valence-corrected chi connectivity index (χ1v) is 7.23. The Labute approximate surface area is 124 Å². The van der Waals surface area contributed by atoms with E-state index in [1.165, 1.54) is 16.7 Å². The molecular weight excluding hydrogens is 264 g/mol. The van der Waals surface area contributed by atoms with Gasteiger partial charge in [-0.15, -0.1) is 0 Å². The van der Waals surface area contributed by atoms with E-state index in [1.807, 2.05) is 12.1 Å². The van der Waals surface area contributed by atoms with E-state index < -0.39 is 5.97 Å². The zero-order valence-corrected chi connectivity index (χ0v) is 11.8. The zero-order chi connectivity index (χ0) is 14.7. The molecule has 3 heteroatoms. The summed E-state index contributed by atoms with van der Waals surface area (Å²) in [6.45, 7) is 1.44. The molecule has 2 aromatic carbocycles. The van der Waals surface area contributed by atoms with Crippen molar-refractivity contribution < 1.29 is 14.6 Å². The highest BCUT2D eigenvalue weighted by atomic mass is 16.5. The maximum atomic E-state index is 10.7. The number of carbonyl (C=O) groups is 1. The molecule has 0 saturated carbocycles. The van der Waals surface area contributed by atoms with Crippen LogP contribution in [-0.4, -0.2) is 17.7 Å². The van der Waals surface area contributed by atoms with Gasteiger partial charge in [0, 0.05) is 6.42 Å². The van der Waals surface area contributed by atoms with Gasteiger partial charge in [-0.05, 0) is 40.7 Å². The van der Waals surface area contributed by atoms with E-state index in [2.05, 4.69) is 30.3 Å². The van der Waals surface area contributed by atoms with Crippen LogP contribution in [0, 0.1) is 0 Å². The fraction of sp³-hybridized carbons (Fsp3) is 0.278. The highest BCUT2D eigenvalue weighted by Gasteiger charge is 2.14. The van der Waals surface area contributed by atoms with Gasteiger partial charge in [0.2, 0.25) is 0 Å². The summed E-state index contributed by atoms with van der Waals surface area (Å²) in [5.41, 5.74) is 6.02. The molecule has 0 radical (unpaired) electrons. The Bertz CT molecular complexity index is 661. The van der Waals surface area contributed by atoms with Gasteiger partial charge in [-0.25, -0.2) is 0 Å². The predicted molar refractivity (Wildman–Crippen MR) is 81.2 cm³/mol. The molecule has 0 amide bonds. The largest absolute Gasteiger partial charge is 0.481 e. The summed E-state index contributed by atoms with van der Waals surface area (Å²) in [6.07, 6.45) is 1.69. The molecule has 1 N–H and O–H groups in total. The zero-order valence-electron chi connectivity index (χ0n) is 11.8. The van der Waals surface area contributed by atoms with Crippen LogP contribution in [0.2, 0.25) is 0 Å². The van der Waals surface area contributed by atoms with E-state index in [4.69, 9.17) is 9.84 Å². The maximum absolute atomic E-state index is 10.7. The SMILES string of the molecule is O=C(O)CCc1cccc(-c2cccc3c2COCC3)c1. The van der Waals surface area contributed by atoms with Crippen LogP contribution in [0.3, 0.4) is 0 Å². The number of hydrogen-bond donors (Lipinski definition) is 1. The number of aryl methyl sites for hydroxylation is 1. The van der Waals surface area contributed by atoms with E-state index in [0.29, 0.717) is 13.0 Å². The number of hydrogen-bond acceptors (Lipinski definition) is 2. The van der Waals surface area contributed by atoms with Crippen LogP contribution in [0.25, 0.3) is 11.1 Å². The third-order valence-electron chi connectivity index (χ3n) is 3.90. The third-order valence-corrected chi connectivity index (χ3v) is 3.90. The smallest absolute Gasteiger partial charge is 0.303 e. The summed E-state index contributed by atoms with van der Waals surface area (Å²) in [5, 5.41) is 8.80. The van der Waals surface area contributed by atoms with Gasteiger partial charge < -0.3 is 9.84 Å². The quantitative estimate of drug-likeness (QED) is 0.934. The van der Waals surface area contributed by atoms with Crippen LogP contribution in [-0.2, 0) is 29.0 Å². The van der Waals surface area contributed by atoms with Gasteiger partial charge in [0.15, 0.2) is 0 Å². The van der Waals surface area contributed by atoms with Crippen molar-refractivity contribution in [2.45, 2.75) is 25.9 Å². The fourth-order valence-electron chi connectivity index (χ4n) is 2.81. The summed E-state index contributed by atoms with van der Waals surface area (Å²) in [5.74, 6) is -0.758. The van der Waals surface area contributed by atoms with Crippen LogP contribution < -0.4 is 0 Å². The second-order valence-electron chi connectivity index (χ2n) is 5.34. The second-order valence-corrected chi connectivity index (χ2v) is 5.34. The van der Waals surface area contributed by atoms with Crippen molar-refractivity contribution in [2.75, 3.05) is 6.61 Å². The van der Waals surface area contributed by atoms with Crippen molar-refractivity contribution in [3.05, 3.63) is 59.2 Å². The van der Waals surface area contributed by atoms with E-state index >= 15 is 0 Å². The Balaban J connectivity index is 1.93.